The summed E-state index contributed by atoms with van der Waals surface area (Å²) in [5, 5.41) is 12.7. The number of ketones is 1. The van der Waals surface area contributed by atoms with Crippen molar-refractivity contribution in [3.05, 3.63) is 100 Å². The molecule has 1 N–H and O–H groups in total. The molecule has 0 saturated heterocycles. The molecule has 0 aliphatic heterocycles. The molecule has 293 valence electrons. The Morgan fingerprint density at radius 2 is 1.48 bits per heavy atom. The molecule has 0 atom stereocenters. The molecule has 3 nitrogen and oxygen atoms in total. The first-order valence-corrected chi connectivity index (χ1v) is 20.2. The van der Waals surface area contributed by atoms with Gasteiger partial charge in [0.25, 0.3) is 0 Å². The normalized spacial score (nSPS) is 12.3. The number of thiophene rings is 1. The predicted octanol–water partition coefficient (Wildman–Crippen LogP) is 14.4. The Bertz CT molecular complexity index is 2080. The molecule has 6 heteroatoms. The molecule has 2 heterocycles. The van der Waals surface area contributed by atoms with Crippen LogP contribution in [0.5, 0.6) is 0 Å². The van der Waals surface area contributed by atoms with Gasteiger partial charge in [-0.1, -0.05) is 111 Å². The van der Waals surface area contributed by atoms with Gasteiger partial charge in [-0.3, -0.25) is 9.78 Å². The summed E-state index contributed by atoms with van der Waals surface area (Å²) in [5.41, 5.74) is 9.16. The molecule has 54 heavy (non-hydrogen) atoms. The third-order valence-corrected chi connectivity index (χ3v) is 11.7. The summed E-state index contributed by atoms with van der Waals surface area (Å²) in [6.07, 6.45) is 7.31. The van der Waals surface area contributed by atoms with Gasteiger partial charge in [-0.05, 0) is 91.5 Å². The van der Waals surface area contributed by atoms with Crippen molar-refractivity contribution in [2.45, 2.75) is 128 Å². The monoisotopic (exact) mass is 927 g/mol. The third kappa shape index (κ3) is 10.4. The van der Waals surface area contributed by atoms with E-state index in [2.05, 4.69) is 103 Å². The number of fused-ring (bicyclic) bond motifs is 2. The molecule has 5 aromatic rings. The summed E-state index contributed by atoms with van der Waals surface area (Å²) in [6.45, 7) is 28.0. The number of allylic oxidation sites excluding steroid dienone is 2. The summed E-state index contributed by atoms with van der Waals surface area (Å²) in [4.78, 5) is 17.5. The van der Waals surface area contributed by atoms with Crippen LogP contribution in [0.2, 0.25) is 0 Å². The van der Waals surface area contributed by atoms with Crippen molar-refractivity contribution in [3.63, 3.8) is 0 Å². The summed E-state index contributed by atoms with van der Waals surface area (Å²) in [6, 6.07) is 18.8. The average molecular weight is 927 g/mol. The number of aromatic nitrogens is 1. The molecule has 0 saturated carbocycles. The molecule has 0 bridgehead atoms. The van der Waals surface area contributed by atoms with Crippen molar-refractivity contribution in [2.75, 3.05) is 0 Å². The minimum absolute atomic E-state index is 0. The second-order valence-electron chi connectivity index (χ2n) is 16.9. The van der Waals surface area contributed by atoms with Gasteiger partial charge in [0, 0.05) is 58.7 Å². The van der Waals surface area contributed by atoms with Crippen LogP contribution in [0.3, 0.4) is 0 Å². The minimum Gasteiger partial charge on any atom is -0.512 e. The van der Waals surface area contributed by atoms with Gasteiger partial charge >= 0.3 is 0 Å². The molecule has 5 rings (SSSR count). The fourth-order valence-electron chi connectivity index (χ4n) is 7.53. The Kier molecular flexibility index (Phi) is 15.6. The molecule has 0 unspecified atom stereocenters. The van der Waals surface area contributed by atoms with Gasteiger partial charge in [0.05, 0.1) is 12.0 Å². The zero-order valence-electron chi connectivity index (χ0n) is 34.8. The SMILES string of the molecule is CCC(CC)C(=O)/C=C(\O)C(CC)CC.Cc1cc(CC(C)(C)C)cc(C)c1-c1sc2c(-c3[c-]c4ccccc4c(C(C)(C)C)c3)ncc(F)c2c1C.[Ir]. The topological polar surface area (TPSA) is 50.2 Å². The van der Waals surface area contributed by atoms with Gasteiger partial charge < -0.3 is 5.11 Å². The zero-order valence-corrected chi connectivity index (χ0v) is 38.0. The van der Waals surface area contributed by atoms with Crippen LogP contribution in [0.4, 0.5) is 4.39 Å². The number of hydrogen-bond donors (Lipinski definition) is 1. The molecule has 0 amide bonds. The second kappa shape index (κ2) is 18.6. The van der Waals surface area contributed by atoms with Crippen LogP contribution in [0.1, 0.15) is 123 Å². The number of aliphatic hydroxyl groups is 1. The van der Waals surface area contributed by atoms with E-state index in [1.807, 2.05) is 40.7 Å². The first kappa shape index (κ1) is 45.2. The maximum Gasteiger partial charge on any atom is 0.162 e. The van der Waals surface area contributed by atoms with Crippen LogP contribution in [0.25, 0.3) is 42.6 Å². The van der Waals surface area contributed by atoms with E-state index in [4.69, 9.17) is 0 Å². The smallest absolute Gasteiger partial charge is 0.162 e. The molecular weight excluding hydrogens is 866 g/mol. The fourth-order valence-corrected chi connectivity index (χ4v) is 9.02. The van der Waals surface area contributed by atoms with Gasteiger partial charge in [-0.25, -0.2) is 4.39 Å². The maximum absolute atomic E-state index is 15.4. The number of carbonyl (C=O) groups is 1. The number of nitrogens with zero attached hydrogens (tertiary/aromatic N) is 1. The molecule has 2 aromatic heterocycles. The van der Waals surface area contributed by atoms with Crippen molar-refractivity contribution >= 4 is 38.0 Å². The van der Waals surface area contributed by atoms with Crippen LogP contribution >= 0.6 is 11.3 Å². The van der Waals surface area contributed by atoms with Gasteiger partial charge in [-0.2, -0.15) is 0 Å². The van der Waals surface area contributed by atoms with Gasteiger partial charge in [-0.15, -0.1) is 40.5 Å². The van der Waals surface area contributed by atoms with Crippen molar-refractivity contribution in [1.29, 1.82) is 0 Å². The fraction of sp³-hybridized carbons (Fsp3) is 0.458. The van der Waals surface area contributed by atoms with E-state index in [1.54, 1.807) is 11.3 Å². The number of aliphatic hydroxyl groups excluding tert-OH is 1. The Morgan fingerprint density at radius 1 is 0.907 bits per heavy atom. The van der Waals surface area contributed by atoms with Crippen LogP contribution in [0.15, 0.2) is 60.5 Å². The van der Waals surface area contributed by atoms with Crippen LogP contribution in [0, 0.1) is 49.9 Å². The summed E-state index contributed by atoms with van der Waals surface area (Å²) < 4.78 is 16.3. The summed E-state index contributed by atoms with van der Waals surface area (Å²) in [5.74, 6) is 0.284. The van der Waals surface area contributed by atoms with E-state index >= 15 is 4.39 Å². The number of rotatable bonds is 10. The van der Waals surface area contributed by atoms with Crippen molar-refractivity contribution in [3.8, 4) is 21.7 Å². The van der Waals surface area contributed by atoms with E-state index in [0.717, 1.165) is 63.9 Å². The maximum atomic E-state index is 15.4. The van der Waals surface area contributed by atoms with Crippen molar-refractivity contribution in [1.82, 2.24) is 4.98 Å². The number of pyridine rings is 1. The second-order valence-corrected chi connectivity index (χ2v) is 18.0. The van der Waals surface area contributed by atoms with Crippen LogP contribution < -0.4 is 0 Å². The minimum atomic E-state index is -0.264. The van der Waals surface area contributed by atoms with Crippen molar-refractivity contribution < 1.29 is 34.4 Å². The van der Waals surface area contributed by atoms with Gasteiger partial charge in [0.1, 0.15) is 5.82 Å². The predicted molar refractivity (Wildman–Crippen MR) is 227 cm³/mol. The van der Waals surface area contributed by atoms with Gasteiger partial charge in [0.15, 0.2) is 5.78 Å². The van der Waals surface area contributed by atoms with E-state index < -0.39 is 0 Å². The number of benzene rings is 3. The van der Waals surface area contributed by atoms with Crippen molar-refractivity contribution in [2.24, 2.45) is 17.3 Å². The van der Waals surface area contributed by atoms with E-state index in [0.29, 0.717) is 5.39 Å². The van der Waals surface area contributed by atoms with E-state index in [-0.39, 0.29) is 60.1 Å². The number of aryl methyl sites for hydroxylation is 3. The third-order valence-electron chi connectivity index (χ3n) is 10.4. The van der Waals surface area contributed by atoms with Crippen LogP contribution in [-0.2, 0) is 36.7 Å². The Morgan fingerprint density at radius 3 is 2.02 bits per heavy atom. The first-order chi connectivity index (χ1) is 24.8. The number of hydrogen-bond acceptors (Lipinski definition) is 4. The Labute approximate surface area is 342 Å². The van der Waals surface area contributed by atoms with E-state index in [9.17, 15) is 9.90 Å². The largest absolute Gasteiger partial charge is 0.512 e. The summed E-state index contributed by atoms with van der Waals surface area (Å²) >= 11 is 1.66. The number of halogens is 1. The Balaban J connectivity index is 0.000000418. The molecule has 0 aliphatic carbocycles. The molecular formula is C48H61FIrNO2S-. The number of carbonyl (C=O) groups excluding carboxylic acids is 1. The molecule has 0 fully saturated rings. The Hall–Kier alpha value is -3.18. The average Bonchev–Trinajstić information content (AvgIpc) is 3.41. The first-order valence-electron chi connectivity index (χ1n) is 19.4. The zero-order chi connectivity index (χ0) is 39.4. The molecule has 3 aromatic carbocycles. The molecule has 1 radical (unpaired) electrons. The van der Waals surface area contributed by atoms with Gasteiger partial charge in [0.2, 0.25) is 0 Å². The molecule has 0 spiro atoms. The van der Waals surface area contributed by atoms with E-state index in [1.165, 1.54) is 45.5 Å². The van der Waals surface area contributed by atoms with Crippen LogP contribution in [-0.4, -0.2) is 15.9 Å². The standard InChI is InChI=1S/C35H37FNS.C13H24O2.Ir/c1-20-14-23(18-34(4,5)6)15-21(2)29(20)32-22(3)30-28(36)19-37-31(33(30)38-32)25-16-24-12-10-11-13-26(24)27(17-25)35(7,8)9;1-5-10(6-2)12(14)9-13(15)11(7-3)8-4;/h10-15,17,19H,18H2,1-9H3;9-11,14H,5-8H2,1-4H3;/q-1;;/b;12-9-;. The quantitative estimate of drug-likeness (QED) is 0.0862. The molecule has 0 aliphatic rings. The summed E-state index contributed by atoms with van der Waals surface area (Å²) in [7, 11) is 0.